The van der Waals surface area contributed by atoms with Crippen LogP contribution >= 0.6 is 0 Å². The molecule has 0 amide bonds. The van der Waals surface area contributed by atoms with Crippen LogP contribution in [-0.4, -0.2) is 32.8 Å². The number of aromatic hydroxyl groups is 4. The minimum atomic E-state index is -5.70. The van der Waals surface area contributed by atoms with Gasteiger partial charge in [-0.1, -0.05) is 97.1 Å². The van der Waals surface area contributed by atoms with Crippen LogP contribution in [-0.2, 0) is 10.8 Å². The summed E-state index contributed by atoms with van der Waals surface area (Å²) in [7, 11) is 0. The maximum absolute atomic E-state index is 13.6. The molecule has 4 nitrogen and oxygen atoms in total. The van der Waals surface area contributed by atoms with Crippen LogP contribution in [0.5, 0.6) is 23.0 Å². The number of hydrogen-bond acceptors (Lipinski definition) is 4. The molecule has 7 rings (SSSR count). The second kappa shape index (κ2) is 13.0. The Morgan fingerprint density at radius 1 is 0.442 bits per heavy atom. The zero-order chi connectivity index (χ0) is 37.6. The van der Waals surface area contributed by atoms with Gasteiger partial charge in [0.2, 0.25) is 5.41 Å². The van der Waals surface area contributed by atoms with Crippen LogP contribution in [0, 0.1) is 13.8 Å². The average molecular weight is 715 g/mol. The zero-order valence-corrected chi connectivity index (χ0v) is 27.8. The van der Waals surface area contributed by atoms with Crippen molar-refractivity contribution < 1.29 is 46.8 Å². The molecule has 0 saturated heterocycles. The van der Waals surface area contributed by atoms with Crippen LogP contribution in [0.2, 0.25) is 0 Å². The molecule has 0 aliphatic heterocycles. The Bertz CT molecular complexity index is 2080. The summed E-state index contributed by atoms with van der Waals surface area (Å²) >= 11 is 0. The normalized spacial score (nSPS) is 13.5. The Morgan fingerprint density at radius 2 is 0.788 bits per heavy atom. The van der Waals surface area contributed by atoms with Crippen molar-refractivity contribution in [1.29, 1.82) is 0 Å². The van der Waals surface area contributed by atoms with E-state index in [-0.39, 0.29) is 0 Å². The van der Waals surface area contributed by atoms with E-state index in [0.29, 0.717) is 35.8 Å². The maximum atomic E-state index is 13.6. The minimum absolute atomic E-state index is 0.297. The summed E-state index contributed by atoms with van der Waals surface area (Å²) in [4.78, 5) is 0. The molecule has 52 heavy (non-hydrogen) atoms. The highest BCUT2D eigenvalue weighted by atomic mass is 19.4. The third-order valence-electron chi connectivity index (χ3n) is 9.66. The van der Waals surface area contributed by atoms with Crippen molar-refractivity contribution in [2.75, 3.05) is 0 Å². The molecule has 6 aromatic carbocycles. The molecule has 1 aliphatic carbocycles. The fourth-order valence-corrected chi connectivity index (χ4v) is 7.21. The lowest BCUT2D eigenvalue weighted by Crippen LogP contribution is -2.54. The molecule has 0 atom stereocenters. The van der Waals surface area contributed by atoms with Crippen molar-refractivity contribution in [3.8, 4) is 34.1 Å². The Kier molecular flexibility index (Phi) is 8.99. The van der Waals surface area contributed by atoms with Crippen molar-refractivity contribution in [1.82, 2.24) is 0 Å². The third-order valence-corrected chi connectivity index (χ3v) is 9.66. The first-order valence-corrected chi connectivity index (χ1v) is 16.1. The van der Waals surface area contributed by atoms with Gasteiger partial charge in [-0.25, -0.2) is 0 Å². The topological polar surface area (TPSA) is 80.9 Å². The van der Waals surface area contributed by atoms with E-state index in [0.717, 1.165) is 46.5 Å². The number of phenols is 4. The van der Waals surface area contributed by atoms with Gasteiger partial charge in [0.25, 0.3) is 0 Å². The molecule has 4 N–H and O–H groups in total. The lowest BCUT2D eigenvalue weighted by Gasteiger charge is -2.38. The Labute approximate surface area is 295 Å². The van der Waals surface area contributed by atoms with E-state index in [9.17, 15) is 36.6 Å². The standard InChI is InChI=1S/C27H22O2.C15H10F6O2/c1-17-15-19(11-13-25(17)28)27(20-12-14-26(29)18(2)16-20)23-9-5-3-7-21(23)22-8-4-6-10-24(22)27;16-14(17,18)13(15(19,20)21,9-1-5-11(22)6-2-9)10-3-7-12(23)8-4-10/h3-16,28-29H,1-2H3;1-8,22-23H. The number of aryl methyl sites for hydroxylation is 2. The highest BCUT2D eigenvalue weighted by Gasteiger charge is 2.72. The van der Waals surface area contributed by atoms with Crippen molar-refractivity contribution in [2.45, 2.75) is 37.0 Å². The smallest absolute Gasteiger partial charge is 0.411 e. The number of phenolic OH excluding ortho intramolecular Hbond substituents is 4. The molecule has 266 valence electrons. The molecule has 10 heteroatoms. The molecule has 0 bridgehead atoms. The van der Waals surface area contributed by atoms with Crippen LogP contribution in [0.4, 0.5) is 26.3 Å². The predicted molar refractivity (Wildman–Crippen MR) is 186 cm³/mol. The second-order valence-electron chi connectivity index (χ2n) is 12.7. The number of hydrogen-bond donors (Lipinski definition) is 4. The monoisotopic (exact) mass is 714 g/mol. The summed E-state index contributed by atoms with van der Waals surface area (Å²) in [5.41, 5.74) is 1.84. The van der Waals surface area contributed by atoms with Gasteiger partial charge in [0.15, 0.2) is 0 Å². The maximum Gasteiger partial charge on any atom is 0.411 e. The van der Waals surface area contributed by atoms with Crippen molar-refractivity contribution >= 4 is 0 Å². The van der Waals surface area contributed by atoms with Gasteiger partial charge in [-0.15, -0.1) is 0 Å². The summed E-state index contributed by atoms with van der Waals surface area (Å²) in [6, 6.07) is 34.1. The van der Waals surface area contributed by atoms with E-state index < -0.39 is 45.8 Å². The van der Waals surface area contributed by atoms with Gasteiger partial charge in [0.05, 0.1) is 5.41 Å². The quantitative estimate of drug-likeness (QED) is 0.137. The fourth-order valence-electron chi connectivity index (χ4n) is 7.21. The SMILES string of the molecule is Cc1cc(C2(c3ccc(O)c(C)c3)c3ccccc3-c3ccccc32)ccc1O.Oc1ccc(C(c2ccc(O)cc2)(C(F)(F)F)C(F)(F)F)cc1. The second-order valence-corrected chi connectivity index (χ2v) is 12.7. The van der Waals surface area contributed by atoms with Gasteiger partial charge in [0, 0.05) is 0 Å². The number of rotatable bonds is 4. The number of fused-ring (bicyclic) bond motifs is 3. The summed E-state index contributed by atoms with van der Waals surface area (Å²) < 4.78 is 81.6. The van der Waals surface area contributed by atoms with Gasteiger partial charge in [-0.3, -0.25) is 0 Å². The van der Waals surface area contributed by atoms with Crippen LogP contribution in [0.1, 0.15) is 44.5 Å². The summed E-state index contributed by atoms with van der Waals surface area (Å²) in [5.74, 6) is -0.328. The summed E-state index contributed by atoms with van der Waals surface area (Å²) in [6.45, 7) is 3.86. The van der Waals surface area contributed by atoms with Gasteiger partial charge >= 0.3 is 12.4 Å². The minimum Gasteiger partial charge on any atom is -0.508 e. The lowest BCUT2D eigenvalue weighted by molar-refractivity contribution is -0.288. The first-order chi connectivity index (χ1) is 24.5. The van der Waals surface area contributed by atoms with E-state index in [2.05, 4.69) is 60.7 Å². The van der Waals surface area contributed by atoms with Crippen molar-refractivity contribution in [2.24, 2.45) is 0 Å². The molecule has 0 radical (unpaired) electrons. The van der Waals surface area contributed by atoms with Crippen molar-refractivity contribution in [3.05, 3.63) is 178 Å². The van der Waals surface area contributed by atoms with Gasteiger partial charge in [-0.05, 0) is 106 Å². The molecule has 1 aliphatic rings. The Hall–Kier alpha value is -5.90. The fraction of sp³-hybridized carbons (Fsp3) is 0.143. The van der Waals surface area contributed by atoms with Gasteiger partial charge in [0.1, 0.15) is 23.0 Å². The number of benzene rings is 6. The van der Waals surface area contributed by atoms with Crippen LogP contribution < -0.4 is 0 Å². The Balaban J connectivity index is 0.000000184. The molecule has 0 unspecified atom stereocenters. The van der Waals surface area contributed by atoms with Gasteiger partial charge < -0.3 is 20.4 Å². The highest BCUT2D eigenvalue weighted by molar-refractivity contribution is 5.86. The molecular formula is C42H32F6O4. The van der Waals surface area contributed by atoms with Crippen molar-refractivity contribution in [3.63, 3.8) is 0 Å². The van der Waals surface area contributed by atoms with E-state index in [1.54, 1.807) is 12.1 Å². The summed E-state index contributed by atoms with van der Waals surface area (Å²) in [5, 5.41) is 38.6. The van der Waals surface area contributed by atoms with Crippen LogP contribution in [0.25, 0.3) is 11.1 Å². The molecule has 0 saturated carbocycles. The molecule has 0 heterocycles. The molecule has 0 aromatic heterocycles. The first-order valence-electron chi connectivity index (χ1n) is 16.1. The van der Waals surface area contributed by atoms with E-state index in [4.69, 9.17) is 10.2 Å². The third kappa shape index (κ3) is 5.68. The van der Waals surface area contributed by atoms with Crippen LogP contribution in [0.3, 0.4) is 0 Å². The molecule has 6 aromatic rings. The van der Waals surface area contributed by atoms with Gasteiger partial charge in [-0.2, -0.15) is 26.3 Å². The highest BCUT2D eigenvalue weighted by Crippen LogP contribution is 2.58. The Morgan fingerprint density at radius 3 is 1.12 bits per heavy atom. The molecular weight excluding hydrogens is 682 g/mol. The van der Waals surface area contributed by atoms with E-state index >= 15 is 0 Å². The number of halogens is 6. The van der Waals surface area contributed by atoms with E-state index in [1.807, 2.05) is 26.0 Å². The first kappa shape index (κ1) is 35.9. The summed E-state index contributed by atoms with van der Waals surface area (Å²) in [6.07, 6.45) is -11.4. The number of alkyl halides is 6. The molecule has 0 spiro atoms. The van der Waals surface area contributed by atoms with Crippen LogP contribution in [0.15, 0.2) is 133 Å². The molecule has 0 fully saturated rings. The average Bonchev–Trinajstić information content (AvgIpc) is 3.39. The zero-order valence-electron chi connectivity index (χ0n) is 27.8. The predicted octanol–water partition coefficient (Wildman–Crippen LogP) is 10.6. The largest absolute Gasteiger partial charge is 0.508 e. The van der Waals surface area contributed by atoms with E-state index in [1.165, 1.54) is 22.3 Å². The lowest BCUT2D eigenvalue weighted by atomic mass is 9.67.